The maximum atomic E-state index is 12.6. The maximum Gasteiger partial charge on any atom is 0.387 e. The summed E-state index contributed by atoms with van der Waals surface area (Å²) >= 11 is 0. The topological polar surface area (TPSA) is 102 Å². The SMILES string of the molecule is COc1cc(C2=Cc3c(ncnc3N3CCC(c4nc(-c5cccc(OC(F)F)c5)n[nH]4)CC3)C2)ccn1. The van der Waals surface area contributed by atoms with E-state index in [1.165, 1.54) is 12.1 Å². The van der Waals surface area contributed by atoms with Gasteiger partial charge in [0.25, 0.3) is 0 Å². The first-order chi connectivity index (χ1) is 18.6. The number of pyridine rings is 1. The molecule has 0 atom stereocenters. The number of H-pyrrole nitrogens is 1. The highest BCUT2D eigenvalue weighted by Crippen LogP contribution is 2.37. The van der Waals surface area contributed by atoms with Crippen LogP contribution in [0.4, 0.5) is 14.6 Å². The number of aromatic nitrogens is 6. The Morgan fingerprint density at radius 3 is 2.74 bits per heavy atom. The molecule has 1 aromatic carbocycles. The largest absolute Gasteiger partial charge is 0.481 e. The fourth-order valence-electron chi connectivity index (χ4n) is 5.04. The third kappa shape index (κ3) is 4.79. The Hall–Kier alpha value is -4.41. The van der Waals surface area contributed by atoms with Gasteiger partial charge in [0.1, 0.15) is 23.7 Å². The molecule has 1 N–H and O–H groups in total. The molecule has 194 valence electrons. The zero-order chi connectivity index (χ0) is 26.1. The van der Waals surface area contributed by atoms with Crippen molar-refractivity contribution in [2.45, 2.75) is 31.8 Å². The van der Waals surface area contributed by atoms with E-state index in [1.54, 1.807) is 31.8 Å². The minimum Gasteiger partial charge on any atom is -0.481 e. The molecule has 6 rings (SSSR count). The number of allylic oxidation sites excluding steroid dienone is 1. The predicted molar refractivity (Wildman–Crippen MR) is 137 cm³/mol. The molecule has 0 amide bonds. The second-order valence-corrected chi connectivity index (χ2v) is 9.20. The van der Waals surface area contributed by atoms with Gasteiger partial charge >= 0.3 is 6.61 Å². The highest BCUT2D eigenvalue weighted by atomic mass is 19.3. The standard InChI is InChI=1S/C27H25F2N7O2/c1-37-23-14-17(5-8-30-23)19-12-21-22(13-19)31-15-32-26(21)36-9-6-16(7-10-36)24-33-25(35-34-24)18-3-2-4-20(11-18)38-27(28)29/h2-5,8,11-12,14-16,27H,6-7,9-10,13H2,1H3,(H,33,34,35). The van der Waals surface area contributed by atoms with Gasteiger partial charge in [-0.1, -0.05) is 12.1 Å². The van der Waals surface area contributed by atoms with E-state index < -0.39 is 6.61 Å². The molecule has 2 aliphatic rings. The Bertz CT molecular complexity index is 1480. The summed E-state index contributed by atoms with van der Waals surface area (Å²) in [6.07, 6.45) is 8.04. The van der Waals surface area contributed by atoms with Crippen LogP contribution in [0.1, 0.15) is 41.4 Å². The second kappa shape index (κ2) is 10.2. The van der Waals surface area contributed by atoms with Crippen molar-refractivity contribution in [3.63, 3.8) is 0 Å². The van der Waals surface area contributed by atoms with Gasteiger partial charge in [-0.25, -0.2) is 19.9 Å². The molecular weight excluding hydrogens is 492 g/mol. The lowest BCUT2D eigenvalue weighted by molar-refractivity contribution is -0.0498. The molecule has 1 aliphatic heterocycles. The van der Waals surface area contributed by atoms with Gasteiger partial charge in [-0.2, -0.15) is 13.9 Å². The average molecular weight is 518 g/mol. The van der Waals surface area contributed by atoms with Crippen LogP contribution in [-0.4, -0.2) is 56.9 Å². The Kier molecular flexibility index (Phi) is 6.40. The first kappa shape index (κ1) is 24.0. The number of hydrogen-bond donors (Lipinski definition) is 1. The first-order valence-electron chi connectivity index (χ1n) is 12.3. The molecule has 0 bridgehead atoms. The lowest BCUT2D eigenvalue weighted by atomic mass is 9.96. The molecular formula is C27H25F2N7O2. The van der Waals surface area contributed by atoms with Gasteiger partial charge in [0, 0.05) is 48.8 Å². The molecule has 4 heterocycles. The van der Waals surface area contributed by atoms with Crippen molar-refractivity contribution in [1.29, 1.82) is 0 Å². The zero-order valence-electron chi connectivity index (χ0n) is 20.6. The minimum atomic E-state index is -2.88. The number of benzene rings is 1. The number of hydrogen-bond acceptors (Lipinski definition) is 8. The lowest BCUT2D eigenvalue weighted by Crippen LogP contribution is -2.34. The number of alkyl halides is 2. The summed E-state index contributed by atoms with van der Waals surface area (Å²) in [6.45, 7) is -1.25. The van der Waals surface area contributed by atoms with E-state index in [0.29, 0.717) is 17.3 Å². The van der Waals surface area contributed by atoms with Crippen molar-refractivity contribution in [3.8, 4) is 23.0 Å². The summed E-state index contributed by atoms with van der Waals surface area (Å²) in [7, 11) is 1.61. The Balaban J connectivity index is 1.15. The molecule has 1 aliphatic carbocycles. The number of aromatic amines is 1. The predicted octanol–water partition coefficient (Wildman–Crippen LogP) is 4.75. The molecule has 9 nitrogen and oxygen atoms in total. The third-order valence-electron chi connectivity index (χ3n) is 6.94. The van der Waals surface area contributed by atoms with E-state index in [9.17, 15) is 8.78 Å². The zero-order valence-corrected chi connectivity index (χ0v) is 20.6. The lowest BCUT2D eigenvalue weighted by Gasteiger charge is -2.32. The van der Waals surface area contributed by atoms with Gasteiger partial charge in [-0.05, 0) is 48.3 Å². The number of anilines is 1. The number of nitrogens with zero attached hydrogens (tertiary/aromatic N) is 6. The van der Waals surface area contributed by atoms with Crippen molar-refractivity contribution in [2.24, 2.45) is 0 Å². The van der Waals surface area contributed by atoms with Crippen LogP contribution < -0.4 is 14.4 Å². The quantitative estimate of drug-likeness (QED) is 0.375. The first-order valence-corrected chi connectivity index (χ1v) is 12.3. The van der Waals surface area contributed by atoms with Crippen molar-refractivity contribution in [3.05, 3.63) is 71.6 Å². The molecule has 38 heavy (non-hydrogen) atoms. The van der Waals surface area contributed by atoms with Gasteiger partial charge < -0.3 is 14.4 Å². The van der Waals surface area contributed by atoms with Gasteiger partial charge in [0.2, 0.25) is 5.88 Å². The van der Waals surface area contributed by atoms with Crippen LogP contribution in [0.25, 0.3) is 23.0 Å². The summed E-state index contributed by atoms with van der Waals surface area (Å²) in [5.74, 6) is 3.06. The van der Waals surface area contributed by atoms with E-state index in [-0.39, 0.29) is 11.7 Å². The van der Waals surface area contributed by atoms with E-state index >= 15 is 0 Å². The van der Waals surface area contributed by atoms with Crippen LogP contribution in [-0.2, 0) is 6.42 Å². The third-order valence-corrected chi connectivity index (χ3v) is 6.94. The molecule has 1 fully saturated rings. The van der Waals surface area contributed by atoms with Crippen molar-refractivity contribution in [2.75, 3.05) is 25.1 Å². The molecule has 0 spiro atoms. The fourth-order valence-corrected chi connectivity index (χ4v) is 5.04. The summed E-state index contributed by atoms with van der Waals surface area (Å²) in [5, 5.41) is 7.37. The fraction of sp³-hybridized carbons (Fsp3) is 0.296. The Morgan fingerprint density at radius 1 is 1.05 bits per heavy atom. The number of methoxy groups -OCH3 is 1. The number of nitrogens with one attached hydrogen (secondary N) is 1. The molecule has 0 unspecified atom stereocenters. The van der Waals surface area contributed by atoms with Crippen molar-refractivity contribution in [1.82, 2.24) is 30.1 Å². The molecule has 0 radical (unpaired) electrons. The van der Waals surface area contributed by atoms with Gasteiger partial charge in [0.15, 0.2) is 5.82 Å². The van der Waals surface area contributed by atoms with Crippen LogP contribution in [0.3, 0.4) is 0 Å². The Labute approximate surface area is 217 Å². The summed E-state index contributed by atoms with van der Waals surface area (Å²) in [5.41, 5.74) is 4.92. The highest BCUT2D eigenvalue weighted by molar-refractivity contribution is 5.91. The van der Waals surface area contributed by atoms with Crippen LogP contribution in [0.15, 0.2) is 48.9 Å². The van der Waals surface area contributed by atoms with Gasteiger partial charge in [-0.15, -0.1) is 0 Å². The number of rotatable bonds is 7. The van der Waals surface area contributed by atoms with E-state index in [4.69, 9.17) is 4.74 Å². The maximum absolute atomic E-state index is 12.6. The van der Waals surface area contributed by atoms with Crippen molar-refractivity contribution >= 4 is 17.5 Å². The molecule has 3 aromatic heterocycles. The average Bonchev–Trinajstić information content (AvgIpc) is 3.61. The molecule has 0 saturated carbocycles. The normalized spacial score (nSPS) is 15.5. The van der Waals surface area contributed by atoms with E-state index in [2.05, 4.69) is 45.8 Å². The van der Waals surface area contributed by atoms with Crippen LogP contribution in [0.5, 0.6) is 11.6 Å². The molecule has 11 heteroatoms. The second-order valence-electron chi connectivity index (χ2n) is 9.20. The van der Waals surface area contributed by atoms with Crippen LogP contribution in [0, 0.1) is 0 Å². The van der Waals surface area contributed by atoms with Gasteiger partial charge in [-0.3, -0.25) is 5.10 Å². The number of fused-ring (bicyclic) bond motifs is 1. The number of halogens is 2. The molecule has 4 aromatic rings. The minimum absolute atomic E-state index is 0.0785. The number of piperidine rings is 1. The smallest absolute Gasteiger partial charge is 0.387 e. The highest BCUT2D eigenvalue weighted by Gasteiger charge is 2.28. The summed E-state index contributed by atoms with van der Waals surface area (Å²) < 4.78 is 34.9. The van der Waals surface area contributed by atoms with Gasteiger partial charge in [0.05, 0.1) is 12.8 Å². The monoisotopic (exact) mass is 517 g/mol. The molecule has 1 saturated heterocycles. The number of ether oxygens (including phenoxy) is 2. The van der Waals surface area contributed by atoms with Crippen molar-refractivity contribution < 1.29 is 18.3 Å². The van der Waals surface area contributed by atoms with Crippen LogP contribution >= 0.6 is 0 Å². The van der Waals surface area contributed by atoms with E-state index in [1.807, 2.05) is 12.1 Å². The Morgan fingerprint density at radius 2 is 1.92 bits per heavy atom. The summed E-state index contributed by atoms with van der Waals surface area (Å²) in [4.78, 5) is 20.3. The van der Waals surface area contributed by atoms with Crippen LogP contribution in [0.2, 0.25) is 0 Å². The summed E-state index contributed by atoms with van der Waals surface area (Å²) in [6, 6.07) is 10.3. The van der Waals surface area contributed by atoms with E-state index in [0.717, 1.165) is 66.4 Å².